The Bertz CT molecular complexity index is 818. The SMILES string of the molecule is Cc1cc(Cl)ccc1OCC(=O)NCc1cccc(NC(=O)C2CC2)c1. The summed E-state index contributed by atoms with van der Waals surface area (Å²) in [5, 5.41) is 6.35. The first-order valence-corrected chi connectivity index (χ1v) is 8.94. The molecule has 0 atom stereocenters. The fraction of sp³-hybridized carbons (Fsp3) is 0.300. The van der Waals surface area contributed by atoms with Gasteiger partial charge in [-0.05, 0) is 61.2 Å². The standard InChI is InChI=1S/C20H21ClN2O3/c1-13-9-16(21)7-8-18(13)26-12-19(24)22-11-14-3-2-4-17(10-14)23-20(25)15-5-6-15/h2-4,7-10,15H,5-6,11-12H2,1H3,(H,22,24)(H,23,25). The van der Waals surface area contributed by atoms with Crippen molar-refractivity contribution in [3.63, 3.8) is 0 Å². The fourth-order valence-electron chi connectivity index (χ4n) is 2.52. The zero-order valence-electron chi connectivity index (χ0n) is 14.5. The average Bonchev–Trinajstić information content (AvgIpc) is 3.45. The third kappa shape index (κ3) is 5.23. The molecule has 1 fully saturated rings. The highest BCUT2D eigenvalue weighted by atomic mass is 35.5. The van der Waals surface area contributed by atoms with Crippen LogP contribution in [0.5, 0.6) is 5.75 Å². The van der Waals surface area contributed by atoms with E-state index < -0.39 is 0 Å². The quantitative estimate of drug-likeness (QED) is 0.778. The van der Waals surface area contributed by atoms with Crippen molar-refractivity contribution in [2.45, 2.75) is 26.3 Å². The molecule has 1 aliphatic carbocycles. The molecule has 1 aliphatic rings. The number of nitrogens with one attached hydrogen (secondary N) is 2. The first kappa shape index (κ1) is 18.3. The van der Waals surface area contributed by atoms with E-state index in [4.69, 9.17) is 16.3 Å². The number of hydrogen-bond acceptors (Lipinski definition) is 3. The molecule has 5 nitrogen and oxygen atoms in total. The van der Waals surface area contributed by atoms with E-state index in [9.17, 15) is 9.59 Å². The molecule has 26 heavy (non-hydrogen) atoms. The molecule has 2 aromatic carbocycles. The Morgan fingerprint density at radius 2 is 2.00 bits per heavy atom. The van der Waals surface area contributed by atoms with Gasteiger partial charge in [0.2, 0.25) is 5.91 Å². The smallest absolute Gasteiger partial charge is 0.258 e. The summed E-state index contributed by atoms with van der Waals surface area (Å²) in [7, 11) is 0. The minimum absolute atomic E-state index is 0.0675. The van der Waals surface area contributed by atoms with Gasteiger partial charge in [-0.15, -0.1) is 0 Å². The zero-order chi connectivity index (χ0) is 18.5. The zero-order valence-corrected chi connectivity index (χ0v) is 15.3. The molecule has 3 rings (SSSR count). The van der Waals surface area contributed by atoms with Gasteiger partial charge in [-0.1, -0.05) is 23.7 Å². The number of rotatable bonds is 7. The maximum absolute atomic E-state index is 12.0. The van der Waals surface area contributed by atoms with Crippen LogP contribution in [0.25, 0.3) is 0 Å². The number of ether oxygens (including phenoxy) is 1. The summed E-state index contributed by atoms with van der Waals surface area (Å²) in [4.78, 5) is 23.8. The van der Waals surface area contributed by atoms with Crippen molar-refractivity contribution in [3.05, 3.63) is 58.6 Å². The Labute approximate surface area is 157 Å². The Balaban J connectivity index is 1.47. The molecule has 2 N–H and O–H groups in total. The van der Waals surface area contributed by atoms with Crippen molar-refractivity contribution >= 4 is 29.1 Å². The molecule has 6 heteroatoms. The molecule has 0 heterocycles. The van der Waals surface area contributed by atoms with Crippen molar-refractivity contribution in [3.8, 4) is 5.75 Å². The van der Waals surface area contributed by atoms with E-state index in [1.165, 1.54) is 0 Å². The summed E-state index contributed by atoms with van der Waals surface area (Å²) in [5.74, 6) is 0.644. The summed E-state index contributed by atoms with van der Waals surface area (Å²) in [6.45, 7) is 2.18. The molecule has 2 aromatic rings. The third-order valence-electron chi connectivity index (χ3n) is 4.13. The number of amides is 2. The van der Waals surface area contributed by atoms with Gasteiger partial charge in [-0.25, -0.2) is 0 Å². The highest BCUT2D eigenvalue weighted by Crippen LogP contribution is 2.30. The second-order valence-corrected chi connectivity index (χ2v) is 6.88. The van der Waals surface area contributed by atoms with E-state index in [1.807, 2.05) is 31.2 Å². The second-order valence-electron chi connectivity index (χ2n) is 6.44. The molecule has 0 unspecified atom stereocenters. The van der Waals surface area contributed by atoms with Crippen LogP contribution in [0.4, 0.5) is 5.69 Å². The molecule has 2 amide bonds. The van der Waals surface area contributed by atoms with Crippen LogP contribution >= 0.6 is 11.6 Å². The van der Waals surface area contributed by atoms with Gasteiger partial charge < -0.3 is 15.4 Å². The third-order valence-corrected chi connectivity index (χ3v) is 4.36. The van der Waals surface area contributed by atoms with E-state index in [-0.39, 0.29) is 24.3 Å². The van der Waals surface area contributed by atoms with E-state index in [0.29, 0.717) is 17.3 Å². The van der Waals surface area contributed by atoms with Gasteiger partial charge in [0.1, 0.15) is 5.75 Å². The highest BCUT2D eigenvalue weighted by molar-refractivity contribution is 6.30. The number of anilines is 1. The molecular weight excluding hydrogens is 352 g/mol. The van der Waals surface area contributed by atoms with Gasteiger partial charge in [-0.3, -0.25) is 9.59 Å². The van der Waals surface area contributed by atoms with Gasteiger partial charge in [0, 0.05) is 23.2 Å². The number of aryl methyl sites for hydroxylation is 1. The Morgan fingerprint density at radius 1 is 1.19 bits per heavy atom. The molecule has 0 aromatic heterocycles. The molecule has 0 saturated heterocycles. The van der Waals surface area contributed by atoms with Crippen LogP contribution < -0.4 is 15.4 Å². The lowest BCUT2D eigenvalue weighted by Crippen LogP contribution is -2.28. The van der Waals surface area contributed by atoms with Crippen molar-refractivity contribution < 1.29 is 14.3 Å². The van der Waals surface area contributed by atoms with E-state index in [0.717, 1.165) is 29.7 Å². The van der Waals surface area contributed by atoms with E-state index >= 15 is 0 Å². The molecule has 0 spiro atoms. The molecule has 1 saturated carbocycles. The predicted octanol–water partition coefficient (Wildman–Crippen LogP) is 3.69. The number of hydrogen-bond donors (Lipinski definition) is 2. The first-order chi connectivity index (χ1) is 12.5. The minimum atomic E-state index is -0.216. The average molecular weight is 373 g/mol. The molecule has 136 valence electrons. The van der Waals surface area contributed by atoms with Gasteiger partial charge in [0.05, 0.1) is 0 Å². The fourth-order valence-corrected chi connectivity index (χ4v) is 2.75. The van der Waals surface area contributed by atoms with Crippen LogP contribution in [0.2, 0.25) is 5.02 Å². The van der Waals surface area contributed by atoms with Crippen LogP contribution in [0.3, 0.4) is 0 Å². The molecular formula is C20H21ClN2O3. The Morgan fingerprint density at radius 3 is 2.73 bits per heavy atom. The van der Waals surface area contributed by atoms with Crippen LogP contribution in [-0.2, 0) is 16.1 Å². The van der Waals surface area contributed by atoms with Gasteiger partial charge in [0.15, 0.2) is 6.61 Å². The van der Waals surface area contributed by atoms with Gasteiger partial charge in [-0.2, -0.15) is 0 Å². The summed E-state index contributed by atoms with van der Waals surface area (Å²) in [6, 6.07) is 12.7. The van der Waals surface area contributed by atoms with Gasteiger partial charge in [0.25, 0.3) is 5.91 Å². The lowest BCUT2D eigenvalue weighted by Gasteiger charge is -2.11. The molecule has 0 aliphatic heterocycles. The summed E-state index contributed by atoms with van der Waals surface area (Å²) >= 11 is 5.90. The highest BCUT2D eigenvalue weighted by Gasteiger charge is 2.29. The number of carbonyl (C=O) groups excluding carboxylic acids is 2. The van der Waals surface area contributed by atoms with E-state index in [1.54, 1.807) is 18.2 Å². The normalized spacial score (nSPS) is 13.2. The van der Waals surface area contributed by atoms with Gasteiger partial charge >= 0.3 is 0 Å². The number of benzene rings is 2. The van der Waals surface area contributed by atoms with Crippen LogP contribution in [0, 0.1) is 12.8 Å². The van der Waals surface area contributed by atoms with E-state index in [2.05, 4.69) is 10.6 Å². The summed E-state index contributed by atoms with van der Waals surface area (Å²) in [6.07, 6.45) is 1.93. The van der Waals surface area contributed by atoms with Crippen molar-refractivity contribution in [2.75, 3.05) is 11.9 Å². The van der Waals surface area contributed by atoms with Crippen LogP contribution in [-0.4, -0.2) is 18.4 Å². The van der Waals surface area contributed by atoms with Crippen LogP contribution in [0.1, 0.15) is 24.0 Å². The maximum Gasteiger partial charge on any atom is 0.258 e. The summed E-state index contributed by atoms with van der Waals surface area (Å²) in [5.41, 5.74) is 2.54. The van der Waals surface area contributed by atoms with Crippen molar-refractivity contribution in [2.24, 2.45) is 5.92 Å². The van der Waals surface area contributed by atoms with Crippen molar-refractivity contribution in [1.29, 1.82) is 0 Å². The monoisotopic (exact) mass is 372 g/mol. The molecule has 0 bridgehead atoms. The minimum Gasteiger partial charge on any atom is -0.484 e. The molecule has 0 radical (unpaired) electrons. The van der Waals surface area contributed by atoms with Crippen molar-refractivity contribution in [1.82, 2.24) is 5.32 Å². The summed E-state index contributed by atoms with van der Waals surface area (Å²) < 4.78 is 5.52. The topological polar surface area (TPSA) is 67.4 Å². The largest absolute Gasteiger partial charge is 0.484 e. The maximum atomic E-state index is 12.0. The lowest BCUT2D eigenvalue weighted by molar-refractivity contribution is -0.123. The number of carbonyl (C=O) groups is 2. The lowest BCUT2D eigenvalue weighted by atomic mass is 10.2. The van der Waals surface area contributed by atoms with Crippen LogP contribution in [0.15, 0.2) is 42.5 Å². The Hall–Kier alpha value is -2.53. The predicted molar refractivity (Wildman–Crippen MR) is 101 cm³/mol. The second kappa shape index (κ2) is 8.23. The Kier molecular flexibility index (Phi) is 5.78. The number of halogens is 1. The first-order valence-electron chi connectivity index (χ1n) is 8.57.